The summed E-state index contributed by atoms with van der Waals surface area (Å²) in [4.78, 5) is 24.1. The SMILES string of the molecule is COC(=O)c1cc(N=S(C)(=O)c2ccccc2)cc(C(=O)OC)c1. The molecule has 24 heavy (non-hydrogen) atoms. The number of carbonyl (C=O) groups excluding carboxylic acids is 2. The first-order valence-electron chi connectivity index (χ1n) is 6.96. The number of ether oxygens (including phenoxy) is 2. The van der Waals surface area contributed by atoms with Crippen LogP contribution in [-0.2, 0) is 19.2 Å². The zero-order chi connectivity index (χ0) is 17.7. The van der Waals surface area contributed by atoms with Crippen LogP contribution in [-0.4, -0.2) is 36.6 Å². The van der Waals surface area contributed by atoms with E-state index in [4.69, 9.17) is 0 Å². The van der Waals surface area contributed by atoms with E-state index in [0.717, 1.165) is 0 Å². The Balaban J connectivity index is 2.61. The number of hydrogen-bond donors (Lipinski definition) is 0. The molecule has 0 N–H and O–H groups in total. The van der Waals surface area contributed by atoms with Gasteiger partial charge in [-0.1, -0.05) is 18.2 Å². The Hall–Kier alpha value is -2.67. The van der Waals surface area contributed by atoms with Gasteiger partial charge in [0.1, 0.15) is 0 Å². The molecule has 0 fully saturated rings. The fourth-order valence-electron chi connectivity index (χ4n) is 2.06. The minimum absolute atomic E-state index is 0.127. The average molecular weight is 347 g/mol. The molecule has 7 heteroatoms. The van der Waals surface area contributed by atoms with Crippen molar-refractivity contribution in [1.82, 2.24) is 0 Å². The van der Waals surface area contributed by atoms with Crippen molar-refractivity contribution < 1.29 is 23.3 Å². The molecule has 126 valence electrons. The number of nitrogens with zero attached hydrogens (tertiary/aromatic N) is 1. The maximum Gasteiger partial charge on any atom is 0.337 e. The molecule has 0 aliphatic heterocycles. The van der Waals surface area contributed by atoms with Gasteiger partial charge in [-0.25, -0.2) is 13.8 Å². The minimum Gasteiger partial charge on any atom is -0.465 e. The highest BCUT2D eigenvalue weighted by Crippen LogP contribution is 2.23. The lowest BCUT2D eigenvalue weighted by molar-refractivity contribution is 0.0599. The van der Waals surface area contributed by atoms with Gasteiger partial charge in [0, 0.05) is 11.2 Å². The molecule has 1 unspecified atom stereocenters. The van der Waals surface area contributed by atoms with Gasteiger partial charge in [-0.2, -0.15) is 4.36 Å². The molecule has 0 saturated heterocycles. The van der Waals surface area contributed by atoms with Gasteiger partial charge in [0.2, 0.25) is 0 Å². The van der Waals surface area contributed by atoms with Crippen LogP contribution in [0.1, 0.15) is 20.7 Å². The topological polar surface area (TPSA) is 82.0 Å². The Morgan fingerprint density at radius 2 is 1.42 bits per heavy atom. The lowest BCUT2D eigenvalue weighted by Crippen LogP contribution is -2.06. The van der Waals surface area contributed by atoms with Crippen LogP contribution in [0.15, 0.2) is 57.8 Å². The van der Waals surface area contributed by atoms with E-state index in [-0.39, 0.29) is 16.8 Å². The molecule has 0 aliphatic rings. The highest BCUT2D eigenvalue weighted by atomic mass is 32.2. The lowest BCUT2D eigenvalue weighted by atomic mass is 10.1. The van der Waals surface area contributed by atoms with Crippen LogP contribution in [0.4, 0.5) is 5.69 Å². The molecule has 0 aliphatic carbocycles. The number of methoxy groups -OCH3 is 2. The smallest absolute Gasteiger partial charge is 0.337 e. The third-order valence-corrected chi connectivity index (χ3v) is 4.93. The summed E-state index contributed by atoms with van der Waals surface area (Å²) in [6, 6.07) is 12.9. The van der Waals surface area contributed by atoms with Crippen molar-refractivity contribution >= 4 is 27.4 Å². The van der Waals surface area contributed by atoms with E-state index in [1.54, 1.807) is 24.3 Å². The number of rotatable bonds is 4. The molecule has 0 spiro atoms. The van der Waals surface area contributed by atoms with Gasteiger partial charge in [0.05, 0.1) is 40.8 Å². The van der Waals surface area contributed by atoms with E-state index in [9.17, 15) is 13.8 Å². The molecular formula is C17H17NO5S. The Morgan fingerprint density at radius 1 is 0.917 bits per heavy atom. The fourth-order valence-corrected chi connectivity index (χ4v) is 3.34. The van der Waals surface area contributed by atoms with E-state index >= 15 is 0 Å². The third kappa shape index (κ3) is 3.99. The van der Waals surface area contributed by atoms with E-state index in [1.165, 1.54) is 38.7 Å². The molecule has 6 nitrogen and oxygen atoms in total. The highest BCUT2D eigenvalue weighted by molar-refractivity contribution is 7.93. The molecule has 0 amide bonds. The zero-order valence-corrected chi connectivity index (χ0v) is 14.3. The zero-order valence-electron chi connectivity index (χ0n) is 13.5. The van der Waals surface area contributed by atoms with E-state index in [2.05, 4.69) is 13.8 Å². The van der Waals surface area contributed by atoms with E-state index in [0.29, 0.717) is 4.90 Å². The molecule has 0 bridgehead atoms. The monoisotopic (exact) mass is 347 g/mol. The predicted molar refractivity (Wildman–Crippen MR) is 90.0 cm³/mol. The highest BCUT2D eigenvalue weighted by Gasteiger charge is 2.15. The number of esters is 2. The molecular weight excluding hydrogens is 330 g/mol. The van der Waals surface area contributed by atoms with Crippen molar-refractivity contribution in [1.29, 1.82) is 0 Å². The molecule has 0 aromatic heterocycles. The first-order chi connectivity index (χ1) is 11.4. The molecule has 0 saturated carbocycles. The van der Waals surface area contributed by atoms with Crippen LogP contribution in [0.25, 0.3) is 0 Å². The second-order valence-electron chi connectivity index (χ2n) is 4.96. The fraction of sp³-hybridized carbons (Fsp3) is 0.176. The standard InChI is InChI=1S/C17H17NO5S/c1-22-16(19)12-9-13(17(20)23-2)11-14(10-12)18-24(3,21)15-7-5-4-6-8-15/h4-11H,1-3H3. The van der Waals surface area contributed by atoms with Crippen molar-refractivity contribution in [2.24, 2.45) is 4.36 Å². The van der Waals surface area contributed by atoms with Gasteiger partial charge in [0.25, 0.3) is 0 Å². The van der Waals surface area contributed by atoms with Gasteiger partial charge < -0.3 is 9.47 Å². The largest absolute Gasteiger partial charge is 0.465 e. The quantitative estimate of drug-likeness (QED) is 0.794. The third-order valence-electron chi connectivity index (χ3n) is 3.22. The first-order valence-corrected chi connectivity index (χ1v) is 8.88. The van der Waals surface area contributed by atoms with Gasteiger partial charge in [-0.15, -0.1) is 0 Å². The Morgan fingerprint density at radius 3 is 1.88 bits per heavy atom. The Labute approximate surface area is 140 Å². The summed E-state index contributed by atoms with van der Waals surface area (Å²) in [5.74, 6) is -1.25. The number of carbonyl (C=O) groups is 2. The van der Waals surface area contributed by atoms with Gasteiger partial charge >= 0.3 is 11.9 Å². The summed E-state index contributed by atoms with van der Waals surface area (Å²) in [5.41, 5.74) is 0.486. The Bertz CT molecular complexity index is 849. The van der Waals surface area contributed by atoms with Gasteiger partial charge in [0.15, 0.2) is 0 Å². The predicted octanol–water partition coefficient (Wildman–Crippen LogP) is 3.05. The number of hydrogen-bond acceptors (Lipinski definition) is 6. The van der Waals surface area contributed by atoms with Crippen molar-refractivity contribution in [3.8, 4) is 0 Å². The average Bonchev–Trinajstić information content (AvgIpc) is 2.60. The summed E-state index contributed by atoms with van der Waals surface area (Å²) in [7, 11) is -0.275. The summed E-state index contributed by atoms with van der Waals surface area (Å²) in [6.45, 7) is 0. The maximum absolute atomic E-state index is 12.9. The normalized spacial score (nSPS) is 12.8. The molecule has 0 radical (unpaired) electrons. The lowest BCUT2D eigenvalue weighted by Gasteiger charge is -2.08. The van der Waals surface area contributed by atoms with E-state index < -0.39 is 21.7 Å². The second kappa shape index (κ2) is 7.27. The maximum atomic E-state index is 12.9. The van der Waals surface area contributed by atoms with Crippen molar-refractivity contribution in [3.05, 3.63) is 59.7 Å². The second-order valence-corrected chi connectivity index (χ2v) is 7.22. The summed E-state index contributed by atoms with van der Waals surface area (Å²) < 4.78 is 26.4. The van der Waals surface area contributed by atoms with E-state index in [1.807, 2.05) is 6.07 Å². The van der Waals surface area contributed by atoms with Crippen molar-refractivity contribution in [2.75, 3.05) is 20.5 Å². The first kappa shape index (κ1) is 17.7. The van der Waals surface area contributed by atoms with Gasteiger partial charge in [-0.05, 0) is 30.3 Å². The van der Waals surface area contributed by atoms with Crippen LogP contribution >= 0.6 is 0 Å². The summed E-state index contributed by atoms with van der Waals surface area (Å²) >= 11 is 0. The van der Waals surface area contributed by atoms with Crippen LogP contribution in [0.2, 0.25) is 0 Å². The van der Waals surface area contributed by atoms with Crippen LogP contribution in [0.3, 0.4) is 0 Å². The van der Waals surface area contributed by atoms with Crippen molar-refractivity contribution in [3.63, 3.8) is 0 Å². The molecule has 2 rings (SSSR count). The van der Waals surface area contributed by atoms with Crippen molar-refractivity contribution in [2.45, 2.75) is 4.90 Å². The molecule has 2 aromatic rings. The van der Waals surface area contributed by atoms with Crippen LogP contribution in [0.5, 0.6) is 0 Å². The minimum atomic E-state index is -2.74. The van der Waals surface area contributed by atoms with Crippen LogP contribution < -0.4 is 0 Å². The Kier molecular flexibility index (Phi) is 5.35. The molecule has 1 atom stereocenters. The molecule has 2 aromatic carbocycles. The summed E-state index contributed by atoms with van der Waals surface area (Å²) in [5, 5.41) is 0. The summed E-state index contributed by atoms with van der Waals surface area (Å²) in [6.07, 6.45) is 1.49. The molecule has 0 heterocycles. The van der Waals surface area contributed by atoms with Crippen LogP contribution in [0, 0.1) is 0 Å². The number of benzene rings is 2. The van der Waals surface area contributed by atoms with Gasteiger partial charge in [-0.3, -0.25) is 0 Å².